The summed E-state index contributed by atoms with van der Waals surface area (Å²) >= 11 is 0. The molecule has 0 atom stereocenters. The molecule has 19 heavy (non-hydrogen) atoms. The third kappa shape index (κ3) is 2.01. The summed E-state index contributed by atoms with van der Waals surface area (Å²) in [5.41, 5.74) is 2.52. The Kier molecular flexibility index (Phi) is 2.83. The van der Waals surface area contributed by atoms with Crippen molar-refractivity contribution in [2.45, 2.75) is 0 Å². The molecule has 94 valence electrons. The first-order valence-electron chi connectivity index (χ1n) is 5.82. The van der Waals surface area contributed by atoms with E-state index in [9.17, 15) is 4.39 Å². The summed E-state index contributed by atoms with van der Waals surface area (Å²) in [6, 6.07) is 10.2. The second kappa shape index (κ2) is 4.65. The van der Waals surface area contributed by atoms with Crippen LogP contribution in [-0.2, 0) is 0 Å². The van der Waals surface area contributed by atoms with Gasteiger partial charge in [0.15, 0.2) is 5.75 Å². The van der Waals surface area contributed by atoms with Gasteiger partial charge in [-0.15, -0.1) is 0 Å². The molecule has 0 bridgehead atoms. The van der Waals surface area contributed by atoms with E-state index in [2.05, 4.69) is 9.97 Å². The quantitative estimate of drug-likeness (QED) is 0.702. The molecule has 0 amide bonds. The molecular formula is C15H11FN2O. The van der Waals surface area contributed by atoms with E-state index < -0.39 is 0 Å². The molecule has 0 aliphatic heterocycles. The molecular weight excluding hydrogens is 243 g/mol. The lowest BCUT2D eigenvalue weighted by molar-refractivity contribution is 0.420. The van der Waals surface area contributed by atoms with Crippen LogP contribution in [0.2, 0.25) is 0 Å². The zero-order chi connectivity index (χ0) is 13.2. The van der Waals surface area contributed by atoms with Crippen LogP contribution in [0.15, 0.2) is 48.9 Å². The van der Waals surface area contributed by atoms with Gasteiger partial charge in [0.05, 0.1) is 7.11 Å². The summed E-state index contributed by atoms with van der Waals surface area (Å²) in [5.74, 6) is 0.414. The number of benzene rings is 2. The van der Waals surface area contributed by atoms with Gasteiger partial charge in [0.25, 0.3) is 0 Å². The molecule has 4 heteroatoms. The Morgan fingerprint density at radius 2 is 1.84 bits per heavy atom. The topological polar surface area (TPSA) is 35.0 Å². The Bertz CT molecular complexity index is 726. The van der Waals surface area contributed by atoms with Crippen molar-refractivity contribution in [2.75, 3.05) is 7.11 Å². The number of nitrogens with zero attached hydrogens (tertiary/aromatic N) is 2. The number of hydrogen-bond acceptors (Lipinski definition) is 3. The maximum absolute atomic E-state index is 13.0. The van der Waals surface area contributed by atoms with Crippen molar-refractivity contribution in [1.29, 1.82) is 0 Å². The fourth-order valence-electron chi connectivity index (χ4n) is 2.09. The van der Waals surface area contributed by atoms with Crippen LogP contribution >= 0.6 is 0 Å². The number of hydrogen-bond donors (Lipinski definition) is 0. The molecule has 0 radical (unpaired) electrons. The highest BCUT2D eigenvalue weighted by molar-refractivity contribution is 5.91. The van der Waals surface area contributed by atoms with Crippen molar-refractivity contribution < 1.29 is 9.13 Å². The molecule has 0 aliphatic carbocycles. The van der Waals surface area contributed by atoms with Gasteiger partial charge in [-0.2, -0.15) is 0 Å². The van der Waals surface area contributed by atoms with Crippen LogP contribution < -0.4 is 4.74 Å². The van der Waals surface area contributed by atoms with Gasteiger partial charge < -0.3 is 4.74 Å². The maximum atomic E-state index is 13.0. The molecule has 0 aliphatic rings. The fraction of sp³-hybridized carbons (Fsp3) is 0.0667. The second-order valence-electron chi connectivity index (χ2n) is 4.11. The van der Waals surface area contributed by atoms with Crippen molar-refractivity contribution in [3.05, 3.63) is 54.7 Å². The van der Waals surface area contributed by atoms with Crippen molar-refractivity contribution in [3.63, 3.8) is 0 Å². The summed E-state index contributed by atoms with van der Waals surface area (Å²) in [7, 11) is 1.60. The number of methoxy groups -OCH3 is 1. The van der Waals surface area contributed by atoms with E-state index in [0.717, 1.165) is 22.0 Å². The van der Waals surface area contributed by atoms with Crippen LogP contribution in [0.5, 0.6) is 5.75 Å². The van der Waals surface area contributed by atoms with Gasteiger partial charge >= 0.3 is 0 Å². The zero-order valence-corrected chi connectivity index (χ0v) is 10.3. The average Bonchev–Trinajstić information content (AvgIpc) is 2.47. The van der Waals surface area contributed by atoms with Gasteiger partial charge in [0.1, 0.15) is 17.7 Å². The number of aromatic nitrogens is 2. The first kappa shape index (κ1) is 11.6. The minimum atomic E-state index is -0.258. The van der Waals surface area contributed by atoms with E-state index in [1.165, 1.54) is 18.5 Å². The third-order valence-electron chi connectivity index (χ3n) is 2.99. The van der Waals surface area contributed by atoms with Gasteiger partial charge in [-0.05, 0) is 23.8 Å². The Morgan fingerprint density at radius 3 is 2.58 bits per heavy atom. The average molecular weight is 254 g/mol. The summed E-state index contributed by atoms with van der Waals surface area (Å²) in [4.78, 5) is 8.23. The molecule has 3 aromatic rings. The fourth-order valence-corrected chi connectivity index (χ4v) is 2.09. The lowest BCUT2D eigenvalue weighted by atomic mass is 10.0. The molecule has 2 aromatic carbocycles. The smallest absolute Gasteiger partial charge is 0.153 e. The Morgan fingerprint density at radius 1 is 1.05 bits per heavy atom. The summed E-state index contributed by atoms with van der Waals surface area (Å²) < 4.78 is 18.4. The predicted molar refractivity (Wildman–Crippen MR) is 71.5 cm³/mol. The Hall–Kier alpha value is -2.49. The monoisotopic (exact) mass is 254 g/mol. The predicted octanol–water partition coefficient (Wildman–Crippen LogP) is 3.44. The van der Waals surface area contributed by atoms with E-state index in [0.29, 0.717) is 5.75 Å². The van der Waals surface area contributed by atoms with Crippen LogP contribution in [0.4, 0.5) is 4.39 Å². The normalized spacial score (nSPS) is 10.6. The molecule has 1 aromatic heterocycles. The largest absolute Gasteiger partial charge is 0.494 e. The molecule has 0 N–H and O–H groups in total. The minimum Gasteiger partial charge on any atom is -0.494 e. The summed E-state index contributed by atoms with van der Waals surface area (Å²) in [6.45, 7) is 0. The van der Waals surface area contributed by atoms with Crippen LogP contribution in [0, 0.1) is 5.82 Å². The number of rotatable bonds is 2. The van der Waals surface area contributed by atoms with Gasteiger partial charge in [-0.3, -0.25) is 0 Å². The van der Waals surface area contributed by atoms with Crippen LogP contribution in [0.3, 0.4) is 0 Å². The highest BCUT2D eigenvalue weighted by atomic mass is 19.1. The van der Waals surface area contributed by atoms with E-state index in [-0.39, 0.29) is 5.82 Å². The first-order valence-corrected chi connectivity index (χ1v) is 5.82. The van der Waals surface area contributed by atoms with Crippen LogP contribution in [-0.4, -0.2) is 17.1 Å². The van der Waals surface area contributed by atoms with E-state index in [1.807, 2.05) is 12.1 Å². The van der Waals surface area contributed by atoms with Crippen molar-refractivity contribution in [2.24, 2.45) is 0 Å². The molecule has 0 fully saturated rings. The third-order valence-corrected chi connectivity index (χ3v) is 2.99. The van der Waals surface area contributed by atoms with Crippen molar-refractivity contribution >= 4 is 10.9 Å². The van der Waals surface area contributed by atoms with Crippen LogP contribution in [0.1, 0.15) is 0 Å². The second-order valence-corrected chi connectivity index (χ2v) is 4.11. The van der Waals surface area contributed by atoms with E-state index in [4.69, 9.17) is 4.74 Å². The molecule has 0 spiro atoms. The van der Waals surface area contributed by atoms with Crippen molar-refractivity contribution in [1.82, 2.24) is 9.97 Å². The molecule has 3 rings (SSSR count). The highest BCUT2D eigenvalue weighted by Crippen LogP contribution is 2.35. The van der Waals surface area contributed by atoms with E-state index in [1.54, 1.807) is 25.4 Å². The van der Waals surface area contributed by atoms with Gasteiger partial charge in [-0.25, -0.2) is 14.4 Å². The number of halogens is 1. The molecule has 1 heterocycles. The first-order chi connectivity index (χ1) is 9.29. The summed E-state index contributed by atoms with van der Waals surface area (Å²) in [6.07, 6.45) is 3.22. The SMILES string of the molecule is COc1c(-c2ccc(F)cc2)ccc2cncnc12. The van der Waals surface area contributed by atoms with E-state index >= 15 is 0 Å². The number of ether oxygens (including phenoxy) is 1. The highest BCUT2D eigenvalue weighted by Gasteiger charge is 2.11. The lowest BCUT2D eigenvalue weighted by Crippen LogP contribution is -1.92. The molecule has 0 saturated heterocycles. The van der Waals surface area contributed by atoms with Crippen molar-refractivity contribution in [3.8, 4) is 16.9 Å². The van der Waals surface area contributed by atoms with Crippen LogP contribution in [0.25, 0.3) is 22.0 Å². The van der Waals surface area contributed by atoms with Gasteiger partial charge in [0, 0.05) is 17.1 Å². The molecule has 3 nitrogen and oxygen atoms in total. The Balaban J connectivity index is 2.26. The van der Waals surface area contributed by atoms with Gasteiger partial charge in [0.2, 0.25) is 0 Å². The van der Waals surface area contributed by atoms with Gasteiger partial charge in [-0.1, -0.05) is 18.2 Å². The molecule has 0 unspecified atom stereocenters. The summed E-state index contributed by atoms with van der Waals surface area (Å²) in [5, 5.41) is 0.908. The maximum Gasteiger partial charge on any atom is 0.153 e. The molecule has 0 saturated carbocycles. The standard InChI is InChI=1S/C15H11FN2O/c1-19-15-13(10-2-5-12(16)6-3-10)7-4-11-8-17-9-18-14(11)15/h2-9H,1H3. The number of fused-ring (bicyclic) bond motifs is 1. The minimum absolute atomic E-state index is 0.258. The zero-order valence-electron chi connectivity index (χ0n) is 10.3. The Labute approximate surface area is 109 Å². The lowest BCUT2D eigenvalue weighted by Gasteiger charge is -2.11.